The molecule has 0 radical (unpaired) electrons. The van der Waals surface area contributed by atoms with Crippen molar-refractivity contribution in [2.45, 2.75) is 13.0 Å². The minimum absolute atomic E-state index is 0.0636. The van der Waals surface area contributed by atoms with E-state index in [9.17, 15) is 18.4 Å². The molecule has 0 fully saturated rings. The van der Waals surface area contributed by atoms with Crippen LogP contribution in [0.2, 0.25) is 0 Å². The summed E-state index contributed by atoms with van der Waals surface area (Å²) in [6, 6.07) is 14.1. The van der Waals surface area contributed by atoms with Crippen LogP contribution in [-0.2, 0) is 0 Å². The topological polar surface area (TPSA) is 63.4 Å². The van der Waals surface area contributed by atoms with Crippen LogP contribution in [0.5, 0.6) is 0 Å². The number of aryl methyl sites for hydroxylation is 1. The van der Waals surface area contributed by atoms with E-state index < -0.39 is 29.0 Å². The number of anilines is 1. The highest BCUT2D eigenvalue weighted by atomic mass is 32.1. The molecule has 0 bridgehead atoms. The summed E-state index contributed by atoms with van der Waals surface area (Å²) in [7, 11) is 0. The molecule has 6 rings (SSSR count). The van der Waals surface area contributed by atoms with Gasteiger partial charge in [-0.25, -0.2) is 13.8 Å². The average Bonchev–Trinajstić information content (AvgIpc) is 3.33. The molecule has 0 aliphatic carbocycles. The maximum Gasteiger partial charge on any atom is 0.297 e. The molecule has 1 atom stereocenters. The van der Waals surface area contributed by atoms with Gasteiger partial charge in [0, 0.05) is 5.56 Å². The van der Waals surface area contributed by atoms with Crippen LogP contribution in [-0.4, -0.2) is 10.9 Å². The first kappa shape index (κ1) is 19.8. The summed E-state index contributed by atoms with van der Waals surface area (Å²) in [5.41, 5.74) is 1.44. The van der Waals surface area contributed by atoms with Crippen molar-refractivity contribution in [1.82, 2.24) is 4.98 Å². The summed E-state index contributed by atoms with van der Waals surface area (Å²) in [5, 5.41) is 0.538. The molecule has 162 valence electrons. The normalized spacial score (nSPS) is 15.5. The van der Waals surface area contributed by atoms with Crippen LogP contribution in [0.3, 0.4) is 0 Å². The Bertz CT molecular complexity index is 1670. The van der Waals surface area contributed by atoms with Crippen LogP contribution in [0.4, 0.5) is 13.9 Å². The number of fused-ring (bicyclic) bond motifs is 3. The van der Waals surface area contributed by atoms with Gasteiger partial charge in [-0.1, -0.05) is 41.2 Å². The van der Waals surface area contributed by atoms with E-state index >= 15 is 0 Å². The number of hydrogen-bond donors (Lipinski definition) is 0. The van der Waals surface area contributed by atoms with Crippen LogP contribution in [0.15, 0.2) is 69.9 Å². The molecule has 3 aromatic carbocycles. The minimum atomic E-state index is -1.07. The largest absolute Gasteiger partial charge is 0.450 e. The molecule has 1 aliphatic rings. The van der Waals surface area contributed by atoms with Gasteiger partial charge in [0.25, 0.3) is 5.91 Å². The number of carbonyl (C=O) groups is 1. The van der Waals surface area contributed by atoms with Crippen molar-refractivity contribution in [1.29, 1.82) is 0 Å². The number of rotatable bonds is 2. The van der Waals surface area contributed by atoms with E-state index in [1.807, 2.05) is 6.92 Å². The van der Waals surface area contributed by atoms with E-state index in [1.54, 1.807) is 24.3 Å². The summed E-state index contributed by atoms with van der Waals surface area (Å²) >= 11 is 1.09. The molecule has 5 nitrogen and oxygen atoms in total. The van der Waals surface area contributed by atoms with E-state index in [0.717, 1.165) is 16.9 Å². The fourth-order valence-electron chi connectivity index (χ4n) is 4.26. The number of thiazole rings is 1. The summed E-state index contributed by atoms with van der Waals surface area (Å²) in [6.45, 7) is 1.85. The van der Waals surface area contributed by atoms with E-state index in [4.69, 9.17) is 4.42 Å². The molecular weight excluding hydrogens is 446 g/mol. The lowest BCUT2D eigenvalue weighted by molar-refractivity contribution is 0.0971. The van der Waals surface area contributed by atoms with Crippen molar-refractivity contribution in [3.8, 4) is 0 Å². The zero-order valence-electron chi connectivity index (χ0n) is 17.1. The van der Waals surface area contributed by atoms with Crippen molar-refractivity contribution in [3.05, 3.63) is 105 Å². The highest BCUT2D eigenvalue weighted by Gasteiger charge is 2.45. The molecule has 0 saturated heterocycles. The summed E-state index contributed by atoms with van der Waals surface area (Å²) < 4.78 is 35.1. The second-order valence-corrected chi connectivity index (χ2v) is 8.89. The number of hydrogen-bond acceptors (Lipinski definition) is 5. The summed E-state index contributed by atoms with van der Waals surface area (Å²) in [5.74, 6) is -1.74. The SMILES string of the molecule is Cc1ccc2oc3c(c(=O)c2c1)[C@H](c1ccccc1F)N(c1nc2ccc(F)cc2s1)C3=O. The Morgan fingerprint density at radius 3 is 2.67 bits per heavy atom. The Labute approximate surface area is 189 Å². The molecular formula is C25H14F2N2O3S. The van der Waals surface area contributed by atoms with Crippen molar-refractivity contribution in [2.75, 3.05) is 4.90 Å². The molecule has 0 saturated carbocycles. The van der Waals surface area contributed by atoms with E-state index in [2.05, 4.69) is 4.98 Å². The second-order valence-electron chi connectivity index (χ2n) is 7.88. The van der Waals surface area contributed by atoms with E-state index in [-0.39, 0.29) is 27.6 Å². The van der Waals surface area contributed by atoms with Crippen molar-refractivity contribution < 1.29 is 18.0 Å². The third-order valence-electron chi connectivity index (χ3n) is 5.77. The Morgan fingerprint density at radius 2 is 1.85 bits per heavy atom. The zero-order chi connectivity index (χ0) is 22.9. The lowest BCUT2D eigenvalue weighted by Gasteiger charge is -2.22. The maximum atomic E-state index is 15.0. The number of carbonyl (C=O) groups excluding carboxylic acids is 1. The fraction of sp³-hybridized carbons (Fsp3) is 0.0800. The fourth-order valence-corrected chi connectivity index (χ4v) is 5.28. The van der Waals surface area contributed by atoms with Gasteiger partial charge in [-0.2, -0.15) is 0 Å². The molecule has 0 spiro atoms. The molecule has 5 aromatic rings. The van der Waals surface area contributed by atoms with Gasteiger partial charge in [-0.3, -0.25) is 14.5 Å². The zero-order valence-corrected chi connectivity index (χ0v) is 18.0. The van der Waals surface area contributed by atoms with E-state index in [0.29, 0.717) is 15.6 Å². The van der Waals surface area contributed by atoms with Gasteiger partial charge in [-0.05, 0) is 43.3 Å². The van der Waals surface area contributed by atoms with Gasteiger partial charge in [0.2, 0.25) is 5.76 Å². The second kappa shape index (κ2) is 7.05. The van der Waals surface area contributed by atoms with Gasteiger partial charge < -0.3 is 4.42 Å². The number of benzene rings is 3. The Balaban J connectivity index is 1.66. The van der Waals surface area contributed by atoms with Gasteiger partial charge in [-0.15, -0.1) is 0 Å². The van der Waals surface area contributed by atoms with Crippen LogP contribution in [0.1, 0.15) is 33.3 Å². The first-order valence-electron chi connectivity index (χ1n) is 10.1. The number of aromatic nitrogens is 1. The van der Waals surface area contributed by atoms with Crippen LogP contribution in [0, 0.1) is 18.6 Å². The van der Waals surface area contributed by atoms with Gasteiger partial charge in [0.15, 0.2) is 10.6 Å². The van der Waals surface area contributed by atoms with E-state index in [1.165, 1.54) is 41.3 Å². The smallest absolute Gasteiger partial charge is 0.297 e. The third kappa shape index (κ3) is 2.91. The predicted molar refractivity (Wildman–Crippen MR) is 122 cm³/mol. The average molecular weight is 460 g/mol. The molecule has 3 heterocycles. The lowest BCUT2D eigenvalue weighted by Crippen LogP contribution is -2.30. The monoisotopic (exact) mass is 460 g/mol. The number of halogens is 2. The quantitative estimate of drug-likeness (QED) is 0.337. The minimum Gasteiger partial charge on any atom is -0.450 e. The highest BCUT2D eigenvalue weighted by Crippen LogP contribution is 2.44. The summed E-state index contributed by atoms with van der Waals surface area (Å²) in [4.78, 5) is 32.9. The third-order valence-corrected chi connectivity index (χ3v) is 6.79. The van der Waals surface area contributed by atoms with Crippen molar-refractivity contribution in [2.24, 2.45) is 0 Å². The van der Waals surface area contributed by atoms with Gasteiger partial charge in [0.1, 0.15) is 23.3 Å². The predicted octanol–water partition coefficient (Wildman–Crippen LogP) is 5.74. The van der Waals surface area contributed by atoms with Crippen LogP contribution < -0.4 is 10.3 Å². The molecule has 8 heteroatoms. The van der Waals surface area contributed by atoms with Crippen LogP contribution in [0.25, 0.3) is 21.2 Å². The van der Waals surface area contributed by atoms with Crippen molar-refractivity contribution in [3.63, 3.8) is 0 Å². The molecule has 0 unspecified atom stereocenters. The van der Waals surface area contributed by atoms with Crippen LogP contribution >= 0.6 is 11.3 Å². The first-order chi connectivity index (χ1) is 15.9. The van der Waals surface area contributed by atoms with Gasteiger partial charge in [0.05, 0.1) is 21.2 Å². The van der Waals surface area contributed by atoms with Gasteiger partial charge >= 0.3 is 0 Å². The molecule has 0 N–H and O–H groups in total. The first-order valence-corrected chi connectivity index (χ1v) is 11.0. The molecule has 1 aliphatic heterocycles. The highest BCUT2D eigenvalue weighted by molar-refractivity contribution is 7.22. The lowest BCUT2D eigenvalue weighted by atomic mass is 9.98. The molecule has 2 aromatic heterocycles. The number of nitrogens with zero attached hydrogens (tertiary/aromatic N) is 2. The Morgan fingerprint density at radius 1 is 1.03 bits per heavy atom. The summed E-state index contributed by atoms with van der Waals surface area (Å²) in [6.07, 6.45) is 0. The number of amides is 1. The maximum absolute atomic E-state index is 15.0. The van der Waals surface area contributed by atoms with Crippen molar-refractivity contribution >= 4 is 43.6 Å². The molecule has 1 amide bonds. The molecule has 33 heavy (non-hydrogen) atoms. The Hall–Kier alpha value is -3.91. The Kier molecular flexibility index (Phi) is 4.22. The standard InChI is InChI=1S/C25H14F2N2O3S/c1-12-6-9-18-15(10-12)22(30)20-21(14-4-2-3-5-16(14)27)29(24(31)23(20)32-18)25-28-17-8-7-13(26)11-19(17)33-25/h2-11,21H,1H3/t21-/m0/s1.